The second kappa shape index (κ2) is 8.35. The molecular formula is C25H29FN2O3S. The van der Waals surface area contributed by atoms with Crippen molar-refractivity contribution in [3.8, 4) is 0 Å². The fraction of sp³-hybridized carbons (Fsp3) is 0.400. The lowest BCUT2D eigenvalue weighted by Gasteiger charge is -2.37. The number of aromatic nitrogens is 1. The zero-order chi connectivity index (χ0) is 23.2. The summed E-state index contributed by atoms with van der Waals surface area (Å²) in [6.07, 6.45) is 2.49. The van der Waals surface area contributed by atoms with Gasteiger partial charge in [0.25, 0.3) is 0 Å². The van der Waals surface area contributed by atoms with Gasteiger partial charge in [-0.05, 0) is 56.4 Å². The molecule has 0 aliphatic carbocycles. The molecule has 1 saturated heterocycles. The molecule has 4 rings (SSSR count). The molecule has 0 saturated carbocycles. The standard InChI is InChI=1S/C25H29FN2O3S/c1-5-27-15-24(32(30,31)19-8-6-16(2)7-9-19)25(29)20-11-21(26)23(12-22(20)27)28-13-17(3)10-18(4)14-28/h6-9,11-12,15,17-18H,5,10,13-14H2,1-4H3. The number of hydrogen-bond donors (Lipinski definition) is 0. The summed E-state index contributed by atoms with van der Waals surface area (Å²) in [5.41, 5.74) is 1.26. The van der Waals surface area contributed by atoms with Crippen LogP contribution in [0.5, 0.6) is 0 Å². The van der Waals surface area contributed by atoms with Gasteiger partial charge in [-0.2, -0.15) is 0 Å². The Morgan fingerprint density at radius 3 is 2.28 bits per heavy atom. The molecule has 1 fully saturated rings. The maximum Gasteiger partial charge on any atom is 0.211 e. The molecule has 3 aromatic rings. The molecule has 2 atom stereocenters. The van der Waals surface area contributed by atoms with Crippen LogP contribution in [-0.2, 0) is 16.4 Å². The fourth-order valence-electron chi connectivity index (χ4n) is 4.77. The van der Waals surface area contributed by atoms with Gasteiger partial charge in [0.1, 0.15) is 10.7 Å². The number of anilines is 1. The molecule has 2 unspecified atom stereocenters. The molecule has 0 N–H and O–H groups in total. The molecule has 0 amide bonds. The number of halogens is 1. The van der Waals surface area contributed by atoms with E-state index in [9.17, 15) is 13.2 Å². The summed E-state index contributed by atoms with van der Waals surface area (Å²) in [6, 6.07) is 9.28. The molecule has 1 aliphatic heterocycles. The number of sulfone groups is 1. The van der Waals surface area contributed by atoms with Gasteiger partial charge in [-0.15, -0.1) is 0 Å². The van der Waals surface area contributed by atoms with Crippen molar-refractivity contribution < 1.29 is 12.8 Å². The molecule has 0 radical (unpaired) electrons. The van der Waals surface area contributed by atoms with Crippen LogP contribution in [0, 0.1) is 24.6 Å². The fourth-order valence-corrected chi connectivity index (χ4v) is 6.14. The number of nitrogens with zero attached hydrogens (tertiary/aromatic N) is 2. The number of fused-ring (bicyclic) bond motifs is 1. The first kappa shape index (κ1) is 22.5. The van der Waals surface area contributed by atoms with E-state index in [0.717, 1.165) is 25.1 Å². The van der Waals surface area contributed by atoms with Crippen LogP contribution in [0.4, 0.5) is 10.1 Å². The van der Waals surface area contributed by atoms with Crippen LogP contribution in [-0.4, -0.2) is 26.1 Å². The highest BCUT2D eigenvalue weighted by Crippen LogP contribution is 2.31. The maximum atomic E-state index is 15.2. The Morgan fingerprint density at radius 2 is 1.69 bits per heavy atom. The first-order chi connectivity index (χ1) is 15.1. The van der Waals surface area contributed by atoms with Crippen molar-refractivity contribution in [3.63, 3.8) is 0 Å². The van der Waals surface area contributed by atoms with Crippen LogP contribution < -0.4 is 10.3 Å². The van der Waals surface area contributed by atoms with E-state index >= 15 is 4.39 Å². The van der Waals surface area contributed by atoms with E-state index in [1.165, 1.54) is 24.4 Å². The van der Waals surface area contributed by atoms with E-state index in [-0.39, 0.29) is 15.2 Å². The molecular weight excluding hydrogens is 427 g/mol. The second-order valence-corrected chi connectivity index (χ2v) is 11.0. The van der Waals surface area contributed by atoms with E-state index in [2.05, 4.69) is 13.8 Å². The van der Waals surface area contributed by atoms with Crippen molar-refractivity contribution in [1.82, 2.24) is 4.57 Å². The van der Waals surface area contributed by atoms with Crippen molar-refractivity contribution in [1.29, 1.82) is 0 Å². The molecule has 1 aromatic heterocycles. The number of hydrogen-bond acceptors (Lipinski definition) is 4. The average Bonchev–Trinajstić information content (AvgIpc) is 2.73. The summed E-state index contributed by atoms with van der Waals surface area (Å²) in [5, 5.41) is 0.0828. The third kappa shape index (κ3) is 3.94. The molecule has 0 bridgehead atoms. The summed E-state index contributed by atoms with van der Waals surface area (Å²) >= 11 is 0. The minimum absolute atomic E-state index is 0.0515. The monoisotopic (exact) mass is 456 g/mol. The van der Waals surface area contributed by atoms with Gasteiger partial charge in [0.05, 0.1) is 21.5 Å². The molecule has 0 spiro atoms. The zero-order valence-corrected chi connectivity index (χ0v) is 19.7. The average molecular weight is 457 g/mol. The van der Waals surface area contributed by atoms with Gasteiger partial charge in [0.15, 0.2) is 0 Å². The van der Waals surface area contributed by atoms with Crippen molar-refractivity contribution in [2.45, 2.75) is 50.5 Å². The zero-order valence-electron chi connectivity index (χ0n) is 18.9. The van der Waals surface area contributed by atoms with Crippen molar-refractivity contribution in [2.24, 2.45) is 11.8 Å². The summed E-state index contributed by atoms with van der Waals surface area (Å²) in [5.74, 6) is 0.400. The number of benzene rings is 2. The lowest BCUT2D eigenvalue weighted by atomic mass is 9.91. The topological polar surface area (TPSA) is 59.4 Å². The lowest BCUT2D eigenvalue weighted by Crippen LogP contribution is -2.39. The van der Waals surface area contributed by atoms with E-state index in [1.54, 1.807) is 22.8 Å². The normalized spacial score (nSPS) is 19.5. The van der Waals surface area contributed by atoms with E-state index in [1.807, 2.05) is 18.7 Å². The van der Waals surface area contributed by atoms with E-state index < -0.39 is 21.1 Å². The van der Waals surface area contributed by atoms with Gasteiger partial charge < -0.3 is 9.47 Å². The predicted octanol–water partition coefficient (Wildman–Crippen LogP) is 4.78. The summed E-state index contributed by atoms with van der Waals surface area (Å²) < 4.78 is 43.4. The Labute approximate surface area is 188 Å². The highest BCUT2D eigenvalue weighted by atomic mass is 32.2. The highest BCUT2D eigenvalue weighted by Gasteiger charge is 2.27. The summed E-state index contributed by atoms with van der Waals surface area (Å²) in [4.78, 5) is 15.0. The Morgan fingerprint density at radius 1 is 1.06 bits per heavy atom. The molecule has 1 aliphatic rings. The largest absolute Gasteiger partial charge is 0.369 e. The first-order valence-electron chi connectivity index (χ1n) is 11.0. The van der Waals surface area contributed by atoms with Crippen LogP contribution in [0.15, 0.2) is 57.2 Å². The van der Waals surface area contributed by atoms with Gasteiger partial charge in [-0.25, -0.2) is 12.8 Å². The molecule has 32 heavy (non-hydrogen) atoms. The Bertz CT molecular complexity index is 1320. The van der Waals surface area contributed by atoms with E-state index in [0.29, 0.717) is 29.6 Å². The molecule has 2 aromatic carbocycles. The first-order valence-corrected chi connectivity index (χ1v) is 12.5. The highest BCUT2D eigenvalue weighted by molar-refractivity contribution is 7.91. The lowest BCUT2D eigenvalue weighted by molar-refractivity contribution is 0.354. The smallest absolute Gasteiger partial charge is 0.211 e. The van der Waals surface area contributed by atoms with Gasteiger partial charge in [0.2, 0.25) is 15.3 Å². The van der Waals surface area contributed by atoms with Crippen LogP contribution in [0.25, 0.3) is 10.9 Å². The van der Waals surface area contributed by atoms with E-state index in [4.69, 9.17) is 0 Å². The SMILES string of the molecule is CCn1cc(S(=O)(=O)c2ccc(C)cc2)c(=O)c2cc(F)c(N3CC(C)CC(C)C3)cc21. The molecule has 2 heterocycles. The quantitative estimate of drug-likeness (QED) is 0.567. The Hall–Kier alpha value is -2.67. The number of rotatable bonds is 4. The van der Waals surface area contributed by atoms with Crippen LogP contribution in [0.1, 0.15) is 32.8 Å². The van der Waals surface area contributed by atoms with Crippen LogP contribution >= 0.6 is 0 Å². The molecule has 5 nitrogen and oxygen atoms in total. The minimum atomic E-state index is -4.03. The number of pyridine rings is 1. The number of aryl methyl sites for hydroxylation is 2. The van der Waals surface area contributed by atoms with Gasteiger partial charge in [-0.1, -0.05) is 31.5 Å². The van der Waals surface area contributed by atoms with Gasteiger partial charge >= 0.3 is 0 Å². The molecule has 7 heteroatoms. The number of piperidine rings is 1. The van der Waals surface area contributed by atoms with Crippen LogP contribution in [0.2, 0.25) is 0 Å². The van der Waals surface area contributed by atoms with Crippen molar-refractivity contribution >= 4 is 26.4 Å². The van der Waals surface area contributed by atoms with Crippen molar-refractivity contribution in [2.75, 3.05) is 18.0 Å². The Kier molecular flexibility index (Phi) is 5.88. The third-order valence-corrected chi connectivity index (χ3v) is 8.05. The Balaban J connectivity index is 1.90. The van der Waals surface area contributed by atoms with Gasteiger partial charge in [-0.3, -0.25) is 4.79 Å². The minimum Gasteiger partial charge on any atom is -0.369 e. The van der Waals surface area contributed by atoms with Gasteiger partial charge in [0, 0.05) is 25.8 Å². The van der Waals surface area contributed by atoms with Crippen LogP contribution in [0.3, 0.4) is 0 Å². The maximum absolute atomic E-state index is 15.2. The predicted molar refractivity (Wildman–Crippen MR) is 126 cm³/mol. The molecule has 170 valence electrons. The third-order valence-electron chi connectivity index (χ3n) is 6.29. The van der Waals surface area contributed by atoms with Crippen molar-refractivity contribution in [3.05, 3.63) is 64.2 Å². The summed E-state index contributed by atoms with van der Waals surface area (Å²) in [6.45, 7) is 10.0. The summed E-state index contributed by atoms with van der Waals surface area (Å²) in [7, 11) is -4.03. The second-order valence-electron chi connectivity index (χ2n) is 9.10.